The molecule has 6 rings (SSSR count). The number of Topliss-reactive ketones (excluding diaryl/α,β-unsaturated/α-hetero) is 1. The lowest BCUT2D eigenvalue weighted by Gasteiger charge is -2.46. The number of amides is 4. The molecule has 12 nitrogen and oxygen atoms in total. The maximum Gasteiger partial charge on any atom is 0.296 e. The fourth-order valence-corrected chi connectivity index (χ4v) is 5.87. The average molecular weight is 549 g/mol. The Labute approximate surface area is 230 Å². The van der Waals surface area contributed by atoms with Crippen LogP contribution in [0.4, 0.5) is 0 Å². The van der Waals surface area contributed by atoms with E-state index in [1.807, 2.05) is 18.2 Å². The van der Waals surface area contributed by atoms with Crippen LogP contribution in [0.2, 0.25) is 0 Å². The number of ketones is 1. The second-order valence-corrected chi connectivity index (χ2v) is 11.4. The zero-order chi connectivity index (χ0) is 27.9. The van der Waals surface area contributed by atoms with Crippen LogP contribution in [0, 0.1) is 11.3 Å². The molecule has 4 aliphatic rings. The first-order valence-corrected chi connectivity index (χ1v) is 13.9. The van der Waals surface area contributed by atoms with E-state index in [2.05, 4.69) is 20.8 Å². The van der Waals surface area contributed by atoms with Gasteiger partial charge in [0.2, 0.25) is 18.1 Å². The van der Waals surface area contributed by atoms with E-state index < -0.39 is 35.7 Å². The monoisotopic (exact) mass is 548 g/mol. The summed E-state index contributed by atoms with van der Waals surface area (Å²) in [4.78, 5) is 72.5. The van der Waals surface area contributed by atoms with Crippen LogP contribution in [0.15, 0.2) is 34.9 Å². The molecule has 1 spiro atoms. The first-order valence-electron chi connectivity index (χ1n) is 13.9. The van der Waals surface area contributed by atoms with Crippen LogP contribution in [0.3, 0.4) is 0 Å². The highest BCUT2D eigenvalue weighted by molar-refractivity contribution is 6.38. The molecule has 3 atom stereocenters. The Morgan fingerprint density at radius 3 is 2.60 bits per heavy atom. The van der Waals surface area contributed by atoms with Gasteiger partial charge in [0.1, 0.15) is 12.2 Å². The summed E-state index contributed by atoms with van der Waals surface area (Å²) >= 11 is 0. The van der Waals surface area contributed by atoms with E-state index in [-0.39, 0.29) is 35.5 Å². The highest BCUT2D eigenvalue weighted by atomic mass is 16.5. The molecule has 1 aromatic heterocycles. The SMILES string of the molecule is O=CN(C(C[C@@H]1CCNC1=O)C(=O)C(=O)NC1CC1)[C@@H]1CC2(CCN1C(=O)c1noc(-c3ccccc3)n1)CC2. The molecule has 4 fully saturated rings. The summed E-state index contributed by atoms with van der Waals surface area (Å²) in [5.41, 5.74) is 0.641. The van der Waals surface area contributed by atoms with Gasteiger partial charge in [0.05, 0.1) is 0 Å². The van der Waals surface area contributed by atoms with Crippen molar-refractivity contribution in [2.75, 3.05) is 13.1 Å². The molecular formula is C28H32N6O6. The van der Waals surface area contributed by atoms with Gasteiger partial charge in [-0.1, -0.05) is 23.4 Å². The highest BCUT2D eigenvalue weighted by Gasteiger charge is 2.53. The Morgan fingerprint density at radius 1 is 1.18 bits per heavy atom. The standard InChI is InChI=1S/C28H32N6O6/c35-16-34(20(14-18-8-12-29-24(18)37)22(36)25(38)30-19-6-7-19)21-15-28(9-10-28)11-13-33(21)27(39)23-31-26(40-32-23)17-4-2-1-3-5-17/h1-5,16,18-21H,6-15H2,(H,29,37)(H,30,38)/t18-,20?,21+/m0/s1. The number of carbonyl (C=O) groups excluding carboxylic acids is 5. The molecule has 210 valence electrons. The Balaban J connectivity index is 1.30. The van der Waals surface area contributed by atoms with Crippen LogP contribution >= 0.6 is 0 Å². The van der Waals surface area contributed by atoms with E-state index in [9.17, 15) is 24.0 Å². The van der Waals surface area contributed by atoms with Crippen molar-refractivity contribution in [2.24, 2.45) is 11.3 Å². The first-order chi connectivity index (χ1) is 19.4. The molecule has 1 aromatic carbocycles. The smallest absolute Gasteiger partial charge is 0.296 e. The van der Waals surface area contributed by atoms with Crippen molar-refractivity contribution >= 4 is 29.9 Å². The van der Waals surface area contributed by atoms with E-state index in [1.54, 1.807) is 12.1 Å². The maximum atomic E-state index is 13.8. The molecule has 2 saturated carbocycles. The van der Waals surface area contributed by atoms with Gasteiger partial charge in [-0.25, -0.2) is 0 Å². The van der Waals surface area contributed by atoms with Crippen LogP contribution in [-0.4, -0.2) is 81.2 Å². The number of carbonyl (C=O) groups is 5. The lowest BCUT2D eigenvalue weighted by Crippen LogP contribution is -2.61. The molecule has 2 aliphatic heterocycles. The maximum absolute atomic E-state index is 13.8. The van der Waals surface area contributed by atoms with Gasteiger partial charge in [0.25, 0.3) is 23.5 Å². The zero-order valence-electron chi connectivity index (χ0n) is 22.1. The normalized spacial score (nSPS) is 23.8. The molecule has 2 N–H and O–H groups in total. The third-order valence-electron chi connectivity index (χ3n) is 8.65. The van der Waals surface area contributed by atoms with Crippen molar-refractivity contribution in [3.05, 3.63) is 36.2 Å². The van der Waals surface area contributed by atoms with Crippen LogP contribution in [0.1, 0.15) is 62.0 Å². The fraction of sp³-hybridized carbons (Fsp3) is 0.536. The third-order valence-corrected chi connectivity index (χ3v) is 8.65. The minimum absolute atomic E-state index is 0.00733. The van der Waals surface area contributed by atoms with Crippen molar-refractivity contribution in [3.8, 4) is 11.5 Å². The van der Waals surface area contributed by atoms with Crippen molar-refractivity contribution < 1.29 is 28.5 Å². The number of benzene rings is 1. The van der Waals surface area contributed by atoms with Crippen LogP contribution < -0.4 is 10.6 Å². The summed E-state index contributed by atoms with van der Waals surface area (Å²) in [6.07, 6.45) is 4.99. The molecule has 0 bridgehead atoms. The Morgan fingerprint density at radius 2 is 1.95 bits per heavy atom. The van der Waals surface area contributed by atoms with Gasteiger partial charge in [-0.2, -0.15) is 4.98 Å². The minimum Gasteiger partial charge on any atom is -0.356 e. The molecule has 4 amide bonds. The van der Waals surface area contributed by atoms with Crippen molar-refractivity contribution in [2.45, 2.75) is 69.6 Å². The van der Waals surface area contributed by atoms with Gasteiger partial charge < -0.3 is 25.0 Å². The number of piperidine rings is 1. The fourth-order valence-electron chi connectivity index (χ4n) is 5.87. The summed E-state index contributed by atoms with van der Waals surface area (Å²) in [5, 5.41) is 9.39. The molecule has 1 unspecified atom stereocenters. The van der Waals surface area contributed by atoms with Gasteiger partial charge in [0, 0.05) is 30.6 Å². The van der Waals surface area contributed by atoms with Gasteiger partial charge >= 0.3 is 0 Å². The third kappa shape index (κ3) is 5.22. The van der Waals surface area contributed by atoms with E-state index in [0.29, 0.717) is 37.9 Å². The number of hydrogen-bond donors (Lipinski definition) is 2. The summed E-state index contributed by atoms with van der Waals surface area (Å²) < 4.78 is 5.36. The molecule has 3 heterocycles. The molecule has 2 aromatic rings. The zero-order valence-corrected chi connectivity index (χ0v) is 22.1. The largest absolute Gasteiger partial charge is 0.356 e. The topological polar surface area (TPSA) is 155 Å². The minimum atomic E-state index is -1.19. The lowest BCUT2D eigenvalue weighted by atomic mass is 9.88. The predicted octanol–water partition coefficient (Wildman–Crippen LogP) is 1.28. The van der Waals surface area contributed by atoms with Gasteiger partial charge in [-0.05, 0) is 68.9 Å². The number of rotatable bonds is 10. The van der Waals surface area contributed by atoms with Gasteiger partial charge in [0.15, 0.2) is 0 Å². The predicted molar refractivity (Wildman–Crippen MR) is 139 cm³/mol. The Kier molecular flexibility index (Phi) is 6.85. The van der Waals surface area contributed by atoms with Gasteiger partial charge in [-0.3, -0.25) is 24.0 Å². The second-order valence-electron chi connectivity index (χ2n) is 11.4. The van der Waals surface area contributed by atoms with Gasteiger partial charge in [-0.15, -0.1) is 0 Å². The molecule has 2 aliphatic carbocycles. The Hall–Kier alpha value is -4.09. The van der Waals surface area contributed by atoms with E-state index in [0.717, 1.165) is 32.1 Å². The highest BCUT2D eigenvalue weighted by Crippen LogP contribution is 2.55. The first kappa shape index (κ1) is 26.1. The van der Waals surface area contributed by atoms with Crippen LogP contribution in [-0.2, 0) is 19.2 Å². The summed E-state index contributed by atoms with van der Waals surface area (Å²) in [5.74, 6) is -2.73. The quantitative estimate of drug-likeness (QED) is 0.332. The molecular weight excluding hydrogens is 516 g/mol. The number of nitrogens with zero attached hydrogens (tertiary/aromatic N) is 4. The van der Waals surface area contributed by atoms with E-state index >= 15 is 0 Å². The number of hydrogen-bond acceptors (Lipinski definition) is 8. The molecule has 0 radical (unpaired) electrons. The molecule has 2 saturated heterocycles. The molecule has 12 heteroatoms. The van der Waals surface area contributed by atoms with Crippen molar-refractivity contribution in [1.29, 1.82) is 0 Å². The Bertz CT molecular complexity index is 1320. The summed E-state index contributed by atoms with van der Waals surface area (Å²) in [6, 6.07) is 7.83. The van der Waals surface area contributed by atoms with Crippen LogP contribution in [0.25, 0.3) is 11.5 Å². The second kappa shape index (κ2) is 10.5. The van der Waals surface area contributed by atoms with E-state index in [1.165, 1.54) is 9.80 Å². The van der Waals surface area contributed by atoms with Crippen molar-refractivity contribution in [3.63, 3.8) is 0 Å². The summed E-state index contributed by atoms with van der Waals surface area (Å²) in [7, 11) is 0. The van der Waals surface area contributed by atoms with Crippen molar-refractivity contribution in [1.82, 2.24) is 30.6 Å². The van der Waals surface area contributed by atoms with Crippen LogP contribution in [0.5, 0.6) is 0 Å². The lowest BCUT2D eigenvalue weighted by molar-refractivity contribution is -0.148. The number of nitrogens with one attached hydrogen (secondary N) is 2. The molecule has 40 heavy (non-hydrogen) atoms. The average Bonchev–Trinajstić information content (AvgIpc) is 3.84. The van der Waals surface area contributed by atoms with E-state index in [4.69, 9.17) is 4.52 Å². The number of likely N-dealkylation sites (tertiary alicyclic amines) is 1. The summed E-state index contributed by atoms with van der Waals surface area (Å²) in [6.45, 7) is 0.806. The number of aromatic nitrogens is 2.